The first-order chi connectivity index (χ1) is 19.5. The quantitative estimate of drug-likeness (QED) is 0.130. The van der Waals surface area contributed by atoms with Crippen molar-refractivity contribution < 1.29 is 5.11 Å². The molecule has 0 aliphatic carbocycles. The second-order valence-corrected chi connectivity index (χ2v) is 12.6. The summed E-state index contributed by atoms with van der Waals surface area (Å²) >= 11 is 0. The number of aliphatic hydroxyl groups is 1. The molecule has 232 valence electrons. The Bertz CT molecular complexity index is 951. The molecule has 0 aliphatic heterocycles. The highest BCUT2D eigenvalue weighted by Gasteiger charge is 1.96. The molecular formula is C40H66O. The zero-order valence-corrected chi connectivity index (χ0v) is 28.7. The maximum absolute atomic E-state index is 8.95. The van der Waals surface area contributed by atoms with Crippen LogP contribution in [0, 0.1) is 0 Å². The van der Waals surface area contributed by atoms with E-state index < -0.39 is 0 Å². The molecule has 0 aliphatic rings. The molecule has 41 heavy (non-hydrogen) atoms. The topological polar surface area (TPSA) is 20.2 Å². The Balaban J connectivity index is 4.18. The van der Waals surface area contributed by atoms with Crippen LogP contribution in [-0.4, -0.2) is 11.7 Å². The van der Waals surface area contributed by atoms with Crippen molar-refractivity contribution in [2.24, 2.45) is 0 Å². The van der Waals surface area contributed by atoms with E-state index in [2.05, 4.69) is 105 Å². The van der Waals surface area contributed by atoms with E-state index in [1.54, 1.807) is 0 Å². The van der Waals surface area contributed by atoms with Gasteiger partial charge in [-0.25, -0.2) is 0 Å². The van der Waals surface area contributed by atoms with Gasteiger partial charge in [0, 0.05) is 0 Å². The van der Waals surface area contributed by atoms with Crippen LogP contribution in [0.25, 0.3) is 0 Å². The van der Waals surface area contributed by atoms with Crippen LogP contribution < -0.4 is 0 Å². The lowest BCUT2D eigenvalue weighted by Crippen LogP contribution is -1.84. The first kappa shape index (κ1) is 38.9. The predicted octanol–water partition coefficient (Wildman–Crippen LogP) is 13.0. The van der Waals surface area contributed by atoms with Crippen LogP contribution in [0.4, 0.5) is 0 Å². The van der Waals surface area contributed by atoms with Gasteiger partial charge in [0.25, 0.3) is 0 Å². The lowest BCUT2D eigenvalue weighted by molar-refractivity contribution is 0.341. The summed E-state index contributed by atoms with van der Waals surface area (Å²) < 4.78 is 0. The molecule has 0 bridgehead atoms. The molecule has 0 heterocycles. The Morgan fingerprint density at radius 2 is 0.512 bits per heavy atom. The average Bonchev–Trinajstić information content (AvgIpc) is 2.88. The predicted molar refractivity (Wildman–Crippen MR) is 187 cm³/mol. The van der Waals surface area contributed by atoms with Gasteiger partial charge in [-0.1, -0.05) is 93.2 Å². The standard InChI is InChI=1S/C40H66O/c1-33(2)17-10-18-34(3)19-11-20-35(4)21-12-22-36(5)23-13-24-37(6)25-14-26-38(7)27-15-28-39(8)29-16-30-40(9)31-32-41/h17,19,21,23,25,27,29,31,41H,10-16,18,20,22,24,26,28,30,32H2,1-9H3/b34-19+,35-21+,36-23-,37-25-,38-27-,39-29-,40-31-. The minimum atomic E-state index is 0.151. The zero-order valence-electron chi connectivity index (χ0n) is 28.7. The summed E-state index contributed by atoms with van der Waals surface area (Å²) in [7, 11) is 0. The summed E-state index contributed by atoms with van der Waals surface area (Å²) in [6.07, 6.45) is 34.9. The largest absolute Gasteiger partial charge is 0.392 e. The first-order valence-corrected chi connectivity index (χ1v) is 16.4. The molecular weight excluding hydrogens is 496 g/mol. The van der Waals surface area contributed by atoms with Crippen LogP contribution in [0.5, 0.6) is 0 Å². The van der Waals surface area contributed by atoms with Crippen molar-refractivity contribution in [3.05, 3.63) is 93.2 Å². The molecule has 0 saturated carbocycles. The second-order valence-electron chi connectivity index (χ2n) is 12.6. The molecule has 0 aromatic rings. The van der Waals surface area contributed by atoms with Gasteiger partial charge in [0.1, 0.15) is 0 Å². The highest BCUT2D eigenvalue weighted by Crippen LogP contribution is 2.17. The molecule has 0 amide bonds. The van der Waals surface area contributed by atoms with Gasteiger partial charge in [-0.3, -0.25) is 0 Å². The fourth-order valence-corrected chi connectivity index (χ4v) is 4.74. The Morgan fingerprint density at radius 1 is 0.317 bits per heavy atom. The molecule has 0 radical (unpaired) electrons. The van der Waals surface area contributed by atoms with E-state index in [-0.39, 0.29) is 6.61 Å². The third-order valence-electron chi connectivity index (χ3n) is 7.72. The number of hydrogen-bond donors (Lipinski definition) is 1. The van der Waals surface area contributed by atoms with Gasteiger partial charge in [-0.15, -0.1) is 0 Å². The van der Waals surface area contributed by atoms with Crippen LogP contribution in [0.15, 0.2) is 93.2 Å². The van der Waals surface area contributed by atoms with E-state index in [9.17, 15) is 0 Å². The minimum absolute atomic E-state index is 0.151. The lowest BCUT2D eigenvalue weighted by Gasteiger charge is -2.04. The number of rotatable bonds is 22. The van der Waals surface area contributed by atoms with Gasteiger partial charge in [-0.05, 0) is 152 Å². The summed E-state index contributed by atoms with van der Waals surface area (Å²) in [5.74, 6) is 0. The summed E-state index contributed by atoms with van der Waals surface area (Å²) in [4.78, 5) is 0. The molecule has 0 spiro atoms. The first-order valence-electron chi connectivity index (χ1n) is 16.4. The van der Waals surface area contributed by atoms with Crippen molar-refractivity contribution in [3.63, 3.8) is 0 Å². The maximum atomic E-state index is 8.95. The molecule has 0 rings (SSSR count). The van der Waals surface area contributed by atoms with E-state index in [1.807, 2.05) is 6.08 Å². The zero-order chi connectivity index (χ0) is 30.9. The van der Waals surface area contributed by atoms with E-state index >= 15 is 0 Å². The van der Waals surface area contributed by atoms with Crippen molar-refractivity contribution in [2.45, 2.75) is 152 Å². The summed E-state index contributed by atoms with van der Waals surface area (Å²) in [6, 6.07) is 0. The molecule has 0 atom stereocenters. The Labute approximate surface area is 256 Å². The van der Waals surface area contributed by atoms with Gasteiger partial charge in [-0.2, -0.15) is 0 Å². The normalized spacial score (nSPS) is 14.6. The summed E-state index contributed by atoms with van der Waals surface area (Å²) in [5, 5.41) is 8.95. The summed E-state index contributed by atoms with van der Waals surface area (Å²) in [6.45, 7) is 20.3. The van der Waals surface area contributed by atoms with Crippen LogP contribution in [-0.2, 0) is 0 Å². The van der Waals surface area contributed by atoms with Gasteiger partial charge in [0.15, 0.2) is 0 Å². The molecule has 0 saturated heterocycles. The van der Waals surface area contributed by atoms with Gasteiger partial charge in [0.05, 0.1) is 6.61 Å². The van der Waals surface area contributed by atoms with Crippen molar-refractivity contribution in [1.82, 2.24) is 0 Å². The Kier molecular flexibility index (Phi) is 24.3. The van der Waals surface area contributed by atoms with E-state index in [0.717, 1.165) is 51.4 Å². The van der Waals surface area contributed by atoms with Crippen molar-refractivity contribution in [2.75, 3.05) is 6.61 Å². The highest BCUT2D eigenvalue weighted by atomic mass is 16.2. The van der Waals surface area contributed by atoms with Crippen LogP contribution >= 0.6 is 0 Å². The van der Waals surface area contributed by atoms with Crippen molar-refractivity contribution in [1.29, 1.82) is 0 Å². The third-order valence-corrected chi connectivity index (χ3v) is 7.72. The van der Waals surface area contributed by atoms with Gasteiger partial charge >= 0.3 is 0 Å². The SMILES string of the molecule is CC(C)=CCC/C(C)=C/CC/C(C)=C/CC/C(C)=C\CC/C(C)=C\CC/C(C)=C\CC/C(C)=C\CC/C(C)=C\CO. The average molecular weight is 563 g/mol. The van der Waals surface area contributed by atoms with Crippen molar-refractivity contribution in [3.8, 4) is 0 Å². The third kappa shape index (κ3) is 26.5. The fraction of sp³-hybridized carbons (Fsp3) is 0.600. The Morgan fingerprint density at radius 3 is 0.707 bits per heavy atom. The molecule has 1 N–H and O–H groups in total. The smallest absolute Gasteiger partial charge is 0.0614 e. The number of allylic oxidation sites excluding steroid dienone is 15. The van der Waals surface area contributed by atoms with E-state index in [0.29, 0.717) is 0 Å². The molecule has 0 aromatic heterocycles. The molecule has 1 heteroatoms. The van der Waals surface area contributed by atoms with Gasteiger partial charge in [0.2, 0.25) is 0 Å². The second kappa shape index (κ2) is 25.6. The Hall–Kier alpha value is -2.12. The molecule has 0 fully saturated rings. The summed E-state index contributed by atoms with van der Waals surface area (Å²) in [5.41, 5.74) is 11.8. The molecule has 1 nitrogen and oxygen atoms in total. The number of aliphatic hydroxyl groups excluding tert-OH is 1. The maximum Gasteiger partial charge on any atom is 0.0614 e. The molecule has 0 unspecified atom stereocenters. The minimum Gasteiger partial charge on any atom is -0.392 e. The van der Waals surface area contributed by atoms with E-state index in [4.69, 9.17) is 5.11 Å². The van der Waals surface area contributed by atoms with Crippen LogP contribution in [0.3, 0.4) is 0 Å². The van der Waals surface area contributed by atoms with E-state index in [1.165, 1.54) is 83.1 Å². The molecule has 0 aromatic carbocycles. The highest BCUT2D eigenvalue weighted by molar-refractivity contribution is 5.10. The monoisotopic (exact) mass is 563 g/mol. The van der Waals surface area contributed by atoms with Crippen molar-refractivity contribution >= 4 is 0 Å². The van der Waals surface area contributed by atoms with Gasteiger partial charge < -0.3 is 5.11 Å². The number of hydrogen-bond acceptors (Lipinski definition) is 1. The van der Waals surface area contributed by atoms with Crippen LogP contribution in [0.1, 0.15) is 152 Å². The van der Waals surface area contributed by atoms with Crippen LogP contribution in [0.2, 0.25) is 0 Å². The lowest BCUT2D eigenvalue weighted by atomic mass is 10.0. The fourth-order valence-electron chi connectivity index (χ4n) is 4.74.